The lowest BCUT2D eigenvalue weighted by molar-refractivity contribution is -0.129. The predicted octanol–water partition coefficient (Wildman–Crippen LogP) is 3.79. The van der Waals surface area contributed by atoms with Crippen LogP contribution < -0.4 is 15.0 Å². The summed E-state index contributed by atoms with van der Waals surface area (Å²) in [5.41, 5.74) is 3.56. The van der Waals surface area contributed by atoms with Crippen LogP contribution >= 0.6 is 0 Å². The van der Waals surface area contributed by atoms with Gasteiger partial charge in [0.15, 0.2) is 0 Å². The van der Waals surface area contributed by atoms with Crippen molar-refractivity contribution in [2.24, 2.45) is 0 Å². The molecule has 4 heterocycles. The van der Waals surface area contributed by atoms with Gasteiger partial charge in [-0.05, 0) is 64.7 Å². The van der Waals surface area contributed by atoms with E-state index in [4.69, 9.17) is 14.7 Å². The quantitative estimate of drug-likeness (QED) is 0.660. The van der Waals surface area contributed by atoms with Gasteiger partial charge in [-0.15, -0.1) is 0 Å². The maximum absolute atomic E-state index is 13.3. The van der Waals surface area contributed by atoms with Crippen LogP contribution in [0.2, 0.25) is 0 Å². The Labute approximate surface area is 219 Å². The summed E-state index contributed by atoms with van der Waals surface area (Å²) in [7, 11) is 0. The lowest BCUT2D eigenvalue weighted by atomic mass is 9.92. The lowest BCUT2D eigenvalue weighted by Gasteiger charge is -2.34. The van der Waals surface area contributed by atoms with Crippen molar-refractivity contribution in [3.63, 3.8) is 0 Å². The maximum atomic E-state index is 13.3. The predicted molar refractivity (Wildman–Crippen MR) is 143 cm³/mol. The number of aromatic nitrogens is 2. The summed E-state index contributed by atoms with van der Waals surface area (Å²) in [6.45, 7) is 15.0. The first-order valence-corrected chi connectivity index (χ1v) is 13.3. The van der Waals surface area contributed by atoms with Gasteiger partial charge >= 0.3 is 0 Å². The summed E-state index contributed by atoms with van der Waals surface area (Å²) in [6.07, 6.45) is 1.97. The van der Waals surface area contributed by atoms with Gasteiger partial charge in [-0.1, -0.05) is 12.1 Å². The molecule has 1 fully saturated rings. The van der Waals surface area contributed by atoms with E-state index in [0.717, 1.165) is 29.7 Å². The molecule has 2 amide bonds. The van der Waals surface area contributed by atoms with Gasteiger partial charge in [-0.3, -0.25) is 9.59 Å². The standard InChI is InChI=1S/C28H38N6O3/c1-17(2)34-16-22-24(26(34)36)30-27(33-13-11-32(12-14-33)19(4)35)31-25(22)29-18(3)20-7-8-23-21(15-20)9-10-28(5,6)37-23/h7-8,15,17-18H,9-14,16H2,1-6H3,(H,29,30,31)/t18-/m1/s1. The van der Waals surface area contributed by atoms with Gasteiger partial charge in [0, 0.05) is 50.7 Å². The van der Waals surface area contributed by atoms with E-state index in [-0.39, 0.29) is 29.5 Å². The number of nitrogens with one attached hydrogen (secondary N) is 1. The highest BCUT2D eigenvalue weighted by atomic mass is 16.5. The number of benzene rings is 1. The normalized spacial score (nSPS) is 19.4. The van der Waals surface area contributed by atoms with E-state index in [0.29, 0.717) is 50.2 Å². The van der Waals surface area contributed by atoms with Crippen LogP contribution in [0.4, 0.5) is 11.8 Å². The summed E-state index contributed by atoms with van der Waals surface area (Å²) in [5, 5.41) is 3.61. The van der Waals surface area contributed by atoms with Crippen molar-refractivity contribution >= 4 is 23.6 Å². The molecule has 0 bridgehead atoms. The number of anilines is 2. The molecule has 3 aliphatic heterocycles. The van der Waals surface area contributed by atoms with Crippen molar-refractivity contribution in [1.82, 2.24) is 19.8 Å². The third kappa shape index (κ3) is 4.95. The molecule has 9 nitrogen and oxygen atoms in total. The minimum absolute atomic E-state index is 0.0233. The largest absolute Gasteiger partial charge is 0.488 e. The van der Waals surface area contributed by atoms with Crippen LogP contribution in [0.1, 0.15) is 81.2 Å². The first-order chi connectivity index (χ1) is 17.5. The van der Waals surface area contributed by atoms with Crippen molar-refractivity contribution < 1.29 is 14.3 Å². The lowest BCUT2D eigenvalue weighted by Crippen LogP contribution is -2.48. The van der Waals surface area contributed by atoms with E-state index in [2.05, 4.69) is 49.2 Å². The molecule has 1 saturated heterocycles. The average Bonchev–Trinajstić information content (AvgIpc) is 3.20. The van der Waals surface area contributed by atoms with Crippen molar-refractivity contribution in [1.29, 1.82) is 0 Å². The first-order valence-electron chi connectivity index (χ1n) is 13.3. The van der Waals surface area contributed by atoms with Crippen LogP contribution in [-0.2, 0) is 17.8 Å². The Morgan fingerprint density at radius 1 is 1.11 bits per heavy atom. The van der Waals surface area contributed by atoms with Crippen LogP contribution in [0.15, 0.2) is 18.2 Å². The fourth-order valence-electron chi connectivity index (χ4n) is 5.31. The SMILES string of the molecule is CC(=O)N1CCN(c2nc(N[C@H](C)c3ccc4c(c3)CCC(C)(C)O4)c3c(n2)C(=O)N(C(C)C)C3)CC1. The van der Waals surface area contributed by atoms with Gasteiger partial charge in [0.05, 0.1) is 6.54 Å². The summed E-state index contributed by atoms with van der Waals surface area (Å²) < 4.78 is 6.17. The van der Waals surface area contributed by atoms with E-state index in [1.807, 2.05) is 23.6 Å². The molecular formula is C28H38N6O3. The van der Waals surface area contributed by atoms with Crippen LogP contribution in [0.25, 0.3) is 0 Å². The molecule has 198 valence electrons. The Bertz CT molecular complexity index is 1220. The second-order valence-electron chi connectivity index (χ2n) is 11.3. The van der Waals surface area contributed by atoms with Gasteiger partial charge in [-0.2, -0.15) is 4.98 Å². The number of carbonyl (C=O) groups is 2. The van der Waals surface area contributed by atoms with Crippen molar-refractivity contribution in [2.45, 2.75) is 78.6 Å². The molecule has 1 atom stereocenters. The van der Waals surface area contributed by atoms with E-state index in [1.165, 1.54) is 5.56 Å². The van der Waals surface area contributed by atoms with Crippen LogP contribution in [-0.4, -0.2) is 69.4 Å². The van der Waals surface area contributed by atoms with Crippen molar-refractivity contribution in [3.8, 4) is 5.75 Å². The fraction of sp³-hybridized carbons (Fsp3) is 0.571. The monoisotopic (exact) mass is 506 g/mol. The van der Waals surface area contributed by atoms with Crippen LogP contribution in [0.5, 0.6) is 5.75 Å². The molecule has 1 N–H and O–H groups in total. The van der Waals surface area contributed by atoms with Gasteiger partial charge in [0.25, 0.3) is 5.91 Å². The molecule has 37 heavy (non-hydrogen) atoms. The number of hydrogen-bond donors (Lipinski definition) is 1. The minimum atomic E-state index is -0.138. The third-order valence-electron chi connectivity index (χ3n) is 7.74. The number of carbonyl (C=O) groups excluding carboxylic acids is 2. The maximum Gasteiger partial charge on any atom is 0.273 e. The number of piperazine rings is 1. The molecule has 2 aromatic rings. The zero-order valence-electron chi connectivity index (χ0n) is 22.8. The summed E-state index contributed by atoms with van der Waals surface area (Å²) in [6, 6.07) is 6.44. The van der Waals surface area contributed by atoms with Gasteiger partial charge in [0.2, 0.25) is 11.9 Å². The zero-order valence-corrected chi connectivity index (χ0v) is 22.8. The van der Waals surface area contributed by atoms with Crippen LogP contribution in [0.3, 0.4) is 0 Å². The highest BCUT2D eigenvalue weighted by Crippen LogP contribution is 2.36. The summed E-state index contributed by atoms with van der Waals surface area (Å²) in [5.74, 6) is 2.22. The highest BCUT2D eigenvalue weighted by molar-refractivity contribution is 5.98. The molecule has 0 radical (unpaired) electrons. The molecule has 1 aromatic heterocycles. The summed E-state index contributed by atoms with van der Waals surface area (Å²) in [4.78, 5) is 40.4. The average molecular weight is 507 g/mol. The van der Waals surface area contributed by atoms with Crippen molar-refractivity contribution in [3.05, 3.63) is 40.6 Å². The Morgan fingerprint density at radius 3 is 2.51 bits per heavy atom. The zero-order chi connectivity index (χ0) is 26.5. The molecule has 0 unspecified atom stereocenters. The number of rotatable bonds is 5. The first kappa shape index (κ1) is 25.3. The molecule has 0 aliphatic carbocycles. The Balaban J connectivity index is 1.43. The fourth-order valence-corrected chi connectivity index (χ4v) is 5.31. The Morgan fingerprint density at radius 2 is 1.84 bits per heavy atom. The van der Waals surface area contributed by atoms with E-state index < -0.39 is 0 Å². The number of amides is 2. The van der Waals surface area contributed by atoms with Gasteiger partial charge in [-0.25, -0.2) is 4.98 Å². The molecule has 1 aromatic carbocycles. The number of fused-ring (bicyclic) bond motifs is 2. The molecule has 0 saturated carbocycles. The Hall–Kier alpha value is -3.36. The van der Waals surface area contributed by atoms with Gasteiger partial charge in [0.1, 0.15) is 22.9 Å². The second kappa shape index (κ2) is 9.50. The topological polar surface area (TPSA) is 90.9 Å². The van der Waals surface area contributed by atoms with E-state index in [9.17, 15) is 9.59 Å². The smallest absolute Gasteiger partial charge is 0.273 e. The van der Waals surface area contributed by atoms with Gasteiger partial charge < -0.3 is 24.8 Å². The number of nitrogens with zero attached hydrogens (tertiary/aromatic N) is 5. The molecule has 0 spiro atoms. The summed E-state index contributed by atoms with van der Waals surface area (Å²) >= 11 is 0. The van der Waals surface area contributed by atoms with E-state index in [1.54, 1.807) is 6.92 Å². The Kier molecular flexibility index (Phi) is 6.50. The number of ether oxygens (including phenoxy) is 1. The molecule has 5 rings (SSSR count). The highest BCUT2D eigenvalue weighted by Gasteiger charge is 2.36. The minimum Gasteiger partial charge on any atom is -0.488 e. The van der Waals surface area contributed by atoms with Crippen LogP contribution in [0, 0.1) is 0 Å². The number of aryl methyl sites for hydroxylation is 1. The second-order valence-corrected chi connectivity index (χ2v) is 11.3. The molecular weight excluding hydrogens is 468 g/mol. The molecule has 9 heteroatoms. The third-order valence-corrected chi connectivity index (χ3v) is 7.74. The van der Waals surface area contributed by atoms with E-state index >= 15 is 0 Å². The molecule has 3 aliphatic rings. The van der Waals surface area contributed by atoms with Crippen molar-refractivity contribution in [2.75, 3.05) is 36.4 Å². The number of hydrogen-bond acceptors (Lipinski definition) is 7.